The molecule has 18 heavy (non-hydrogen) atoms. The van der Waals surface area contributed by atoms with Gasteiger partial charge in [-0.25, -0.2) is 0 Å². The summed E-state index contributed by atoms with van der Waals surface area (Å²) in [6.45, 7) is 6.59. The van der Waals surface area contributed by atoms with Crippen LogP contribution in [0.1, 0.15) is 57.6 Å². The average molecular weight is 314 g/mol. The summed E-state index contributed by atoms with van der Waals surface area (Å²) >= 11 is 3.68. The quantitative estimate of drug-likeness (QED) is 0.868. The highest BCUT2D eigenvalue weighted by atomic mass is 79.9. The molecular weight excluding hydrogens is 290 g/mol. The first-order valence-electron chi connectivity index (χ1n) is 7.22. The summed E-state index contributed by atoms with van der Waals surface area (Å²) in [7, 11) is 0. The molecule has 3 nitrogen and oxygen atoms in total. The molecule has 102 valence electrons. The maximum Gasteiger partial charge on any atom is 0.0635 e. The monoisotopic (exact) mass is 313 g/mol. The molecule has 1 saturated carbocycles. The van der Waals surface area contributed by atoms with Crippen molar-refractivity contribution in [1.29, 1.82) is 0 Å². The molecule has 0 saturated heterocycles. The molecule has 0 aliphatic heterocycles. The van der Waals surface area contributed by atoms with E-state index in [0.29, 0.717) is 12.0 Å². The number of hydrogen-bond donors (Lipinski definition) is 1. The summed E-state index contributed by atoms with van der Waals surface area (Å²) in [5, 5.41) is 8.21. The molecule has 4 heteroatoms. The maximum atomic E-state index is 4.51. The zero-order chi connectivity index (χ0) is 13.0. The lowest BCUT2D eigenvalue weighted by Gasteiger charge is -2.22. The van der Waals surface area contributed by atoms with Gasteiger partial charge >= 0.3 is 0 Å². The Morgan fingerprint density at radius 1 is 1.39 bits per heavy atom. The number of halogens is 1. The van der Waals surface area contributed by atoms with Crippen LogP contribution >= 0.6 is 15.9 Å². The molecule has 2 atom stereocenters. The Kier molecular flexibility index (Phi) is 5.25. The van der Waals surface area contributed by atoms with E-state index in [4.69, 9.17) is 0 Å². The van der Waals surface area contributed by atoms with Crippen LogP contribution in [-0.4, -0.2) is 22.4 Å². The third-order valence-electron chi connectivity index (χ3n) is 3.79. The molecule has 1 aromatic rings. The predicted molar refractivity (Wildman–Crippen MR) is 78.9 cm³/mol. The summed E-state index contributed by atoms with van der Waals surface area (Å²) < 4.78 is 3.38. The van der Waals surface area contributed by atoms with Crippen molar-refractivity contribution in [3.63, 3.8) is 0 Å². The molecular formula is C14H24BrN3. The minimum absolute atomic E-state index is 0.625. The molecule has 1 aromatic heterocycles. The maximum absolute atomic E-state index is 4.51. The smallest absolute Gasteiger partial charge is 0.0635 e. The van der Waals surface area contributed by atoms with Crippen molar-refractivity contribution in [3.05, 3.63) is 16.4 Å². The number of nitrogens with one attached hydrogen (secondary N) is 1. The first kappa shape index (κ1) is 14.1. The molecule has 0 spiro atoms. The molecule has 2 unspecified atom stereocenters. The molecule has 1 heterocycles. The highest BCUT2D eigenvalue weighted by Crippen LogP contribution is 2.38. The van der Waals surface area contributed by atoms with Gasteiger partial charge in [0.15, 0.2) is 0 Å². The molecule has 1 N–H and O–H groups in total. The van der Waals surface area contributed by atoms with Gasteiger partial charge in [-0.15, -0.1) is 0 Å². The van der Waals surface area contributed by atoms with Crippen molar-refractivity contribution in [2.24, 2.45) is 0 Å². The molecule has 2 rings (SSSR count). The van der Waals surface area contributed by atoms with Gasteiger partial charge in [0.05, 0.1) is 16.4 Å². The van der Waals surface area contributed by atoms with Gasteiger partial charge in [-0.05, 0) is 48.2 Å². The Morgan fingerprint density at radius 2 is 2.22 bits per heavy atom. The minimum atomic E-state index is 0.625. The Hall–Kier alpha value is -0.350. The molecule has 0 radical (unpaired) electrons. The summed E-state index contributed by atoms with van der Waals surface area (Å²) in [5.41, 5.74) is 1.41. The Morgan fingerprint density at radius 3 is 2.94 bits per heavy atom. The van der Waals surface area contributed by atoms with Gasteiger partial charge in [0.2, 0.25) is 0 Å². The number of hydrogen-bond acceptors (Lipinski definition) is 2. The van der Waals surface area contributed by atoms with Crippen LogP contribution in [0.25, 0.3) is 0 Å². The fourth-order valence-electron chi connectivity index (χ4n) is 2.99. The van der Waals surface area contributed by atoms with E-state index in [2.05, 4.69) is 44.9 Å². The van der Waals surface area contributed by atoms with Gasteiger partial charge in [-0.1, -0.05) is 20.3 Å². The number of rotatable bonds is 6. The van der Waals surface area contributed by atoms with E-state index in [1.807, 2.05) is 6.20 Å². The van der Waals surface area contributed by atoms with E-state index in [9.17, 15) is 0 Å². The third kappa shape index (κ3) is 2.97. The summed E-state index contributed by atoms with van der Waals surface area (Å²) in [6, 6.07) is 0.633. The lowest BCUT2D eigenvalue weighted by Crippen LogP contribution is -2.33. The van der Waals surface area contributed by atoms with Crippen LogP contribution in [0.4, 0.5) is 0 Å². The molecule has 0 bridgehead atoms. The number of aryl methyl sites for hydroxylation is 1. The highest BCUT2D eigenvalue weighted by molar-refractivity contribution is 9.10. The normalized spacial score (nSPS) is 23.7. The second-order valence-corrected chi connectivity index (χ2v) is 6.05. The SMILES string of the molecule is CCCNC1CCCC1c1c(Br)cnn1CCC. The largest absolute Gasteiger partial charge is 0.313 e. The van der Waals surface area contributed by atoms with Gasteiger partial charge in [0.1, 0.15) is 0 Å². The van der Waals surface area contributed by atoms with E-state index >= 15 is 0 Å². The van der Waals surface area contributed by atoms with Gasteiger partial charge in [-0.3, -0.25) is 4.68 Å². The number of aromatic nitrogens is 2. The van der Waals surface area contributed by atoms with Crippen molar-refractivity contribution < 1.29 is 0 Å². The van der Waals surface area contributed by atoms with Gasteiger partial charge in [0.25, 0.3) is 0 Å². The van der Waals surface area contributed by atoms with E-state index in [0.717, 1.165) is 19.5 Å². The molecule has 0 aromatic carbocycles. The standard InChI is InChI=1S/C14H24BrN3/c1-3-8-16-13-7-5-6-11(13)14-12(15)10-17-18(14)9-4-2/h10-11,13,16H,3-9H2,1-2H3. The Labute approximate surface area is 118 Å². The summed E-state index contributed by atoms with van der Waals surface area (Å²) in [4.78, 5) is 0. The van der Waals surface area contributed by atoms with Crippen LogP contribution in [0.5, 0.6) is 0 Å². The van der Waals surface area contributed by atoms with Gasteiger partial charge in [-0.2, -0.15) is 5.10 Å². The zero-order valence-corrected chi connectivity index (χ0v) is 13.0. The Bertz CT molecular complexity index is 375. The second kappa shape index (κ2) is 6.71. The second-order valence-electron chi connectivity index (χ2n) is 5.20. The third-order valence-corrected chi connectivity index (χ3v) is 4.40. The molecule has 1 aliphatic rings. The van der Waals surface area contributed by atoms with Crippen molar-refractivity contribution in [2.75, 3.05) is 6.54 Å². The van der Waals surface area contributed by atoms with Crippen LogP contribution in [0.2, 0.25) is 0 Å². The minimum Gasteiger partial charge on any atom is -0.313 e. The molecule has 1 fully saturated rings. The van der Waals surface area contributed by atoms with Crippen molar-refractivity contribution >= 4 is 15.9 Å². The first-order valence-corrected chi connectivity index (χ1v) is 8.01. The van der Waals surface area contributed by atoms with Gasteiger partial charge < -0.3 is 5.32 Å². The topological polar surface area (TPSA) is 29.9 Å². The molecule has 0 amide bonds. The van der Waals surface area contributed by atoms with Crippen LogP contribution in [0.3, 0.4) is 0 Å². The average Bonchev–Trinajstić information content (AvgIpc) is 2.94. The molecule has 1 aliphatic carbocycles. The number of nitrogens with zero attached hydrogens (tertiary/aromatic N) is 2. The Balaban J connectivity index is 2.15. The van der Waals surface area contributed by atoms with Crippen molar-refractivity contribution in [1.82, 2.24) is 15.1 Å². The highest BCUT2D eigenvalue weighted by Gasteiger charge is 2.31. The lowest BCUT2D eigenvalue weighted by molar-refractivity contribution is 0.446. The fourth-order valence-corrected chi connectivity index (χ4v) is 3.58. The summed E-state index contributed by atoms with van der Waals surface area (Å²) in [6.07, 6.45) is 8.22. The fraction of sp³-hybridized carbons (Fsp3) is 0.786. The first-order chi connectivity index (χ1) is 8.77. The van der Waals surface area contributed by atoms with Crippen LogP contribution in [-0.2, 0) is 6.54 Å². The van der Waals surface area contributed by atoms with E-state index in [-0.39, 0.29) is 0 Å². The van der Waals surface area contributed by atoms with Crippen LogP contribution < -0.4 is 5.32 Å². The van der Waals surface area contributed by atoms with E-state index in [1.165, 1.54) is 35.8 Å². The van der Waals surface area contributed by atoms with Gasteiger partial charge in [0, 0.05) is 18.5 Å². The van der Waals surface area contributed by atoms with E-state index in [1.54, 1.807) is 0 Å². The zero-order valence-electron chi connectivity index (χ0n) is 11.5. The van der Waals surface area contributed by atoms with E-state index < -0.39 is 0 Å². The van der Waals surface area contributed by atoms with Crippen LogP contribution in [0.15, 0.2) is 10.7 Å². The lowest BCUT2D eigenvalue weighted by atomic mass is 9.99. The van der Waals surface area contributed by atoms with Crippen molar-refractivity contribution in [3.8, 4) is 0 Å². The van der Waals surface area contributed by atoms with Crippen molar-refractivity contribution in [2.45, 2.75) is 64.5 Å². The summed E-state index contributed by atoms with van der Waals surface area (Å²) in [5.74, 6) is 0.625. The predicted octanol–water partition coefficient (Wildman–Crippen LogP) is 3.69. The van der Waals surface area contributed by atoms with Crippen LogP contribution in [0, 0.1) is 0 Å².